The molecule has 0 atom stereocenters. The Balaban J connectivity index is 2.45. The van der Waals surface area contributed by atoms with Crippen molar-refractivity contribution < 1.29 is 0 Å². The first-order valence-corrected chi connectivity index (χ1v) is 4.83. The molecule has 0 N–H and O–H groups in total. The Labute approximate surface area is 80.4 Å². The second kappa shape index (κ2) is 3.30. The van der Waals surface area contributed by atoms with E-state index in [1.165, 1.54) is 0 Å². The highest BCUT2D eigenvalue weighted by Crippen LogP contribution is 2.27. The zero-order chi connectivity index (χ0) is 8.39. The number of hydrogen-bond donors (Lipinski definition) is 0. The third kappa shape index (κ3) is 1.52. The lowest BCUT2D eigenvalue weighted by Gasteiger charge is -1.93. The SMILES string of the molecule is Clc1cc(-c2[c]cccc2)cs1. The highest BCUT2D eigenvalue weighted by Gasteiger charge is 1.98. The van der Waals surface area contributed by atoms with Crippen LogP contribution in [-0.2, 0) is 0 Å². The van der Waals surface area contributed by atoms with Crippen LogP contribution in [0.15, 0.2) is 35.7 Å². The van der Waals surface area contributed by atoms with Crippen LogP contribution in [0.2, 0.25) is 4.34 Å². The standard InChI is InChI=1S/C10H6ClS/c11-10-6-9(7-12-10)8-4-2-1-3-5-8/h1-4,6-7H. The molecule has 0 aliphatic heterocycles. The number of benzene rings is 1. The molecular formula is C10H6ClS. The van der Waals surface area contributed by atoms with Crippen molar-refractivity contribution in [1.82, 2.24) is 0 Å². The first-order chi connectivity index (χ1) is 5.86. The second-order valence-electron chi connectivity index (χ2n) is 2.42. The second-order valence-corrected chi connectivity index (χ2v) is 3.96. The summed E-state index contributed by atoms with van der Waals surface area (Å²) in [5, 5.41) is 2.04. The van der Waals surface area contributed by atoms with E-state index in [1.54, 1.807) is 11.3 Å². The van der Waals surface area contributed by atoms with Crippen LogP contribution in [0.1, 0.15) is 0 Å². The lowest BCUT2D eigenvalue weighted by Crippen LogP contribution is -1.70. The van der Waals surface area contributed by atoms with Crippen LogP contribution in [0, 0.1) is 6.07 Å². The molecule has 1 aromatic carbocycles. The van der Waals surface area contributed by atoms with Crippen molar-refractivity contribution >= 4 is 22.9 Å². The molecule has 1 radical (unpaired) electrons. The summed E-state index contributed by atoms with van der Waals surface area (Å²) in [6.45, 7) is 0. The Hall–Kier alpha value is -0.790. The normalized spacial score (nSPS) is 10.1. The van der Waals surface area contributed by atoms with Gasteiger partial charge in [0.1, 0.15) is 0 Å². The maximum absolute atomic E-state index is 5.81. The van der Waals surface area contributed by atoms with Crippen molar-refractivity contribution in [3.8, 4) is 11.1 Å². The molecule has 0 amide bonds. The molecule has 0 spiro atoms. The summed E-state index contributed by atoms with van der Waals surface area (Å²) in [5.41, 5.74) is 2.24. The Morgan fingerprint density at radius 1 is 1.33 bits per heavy atom. The number of halogens is 1. The highest BCUT2D eigenvalue weighted by atomic mass is 35.5. The van der Waals surface area contributed by atoms with Crippen LogP contribution in [0.3, 0.4) is 0 Å². The molecule has 0 saturated heterocycles. The van der Waals surface area contributed by atoms with Crippen LogP contribution in [0.4, 0.5) is 0 Å². The topological polar surface area (TPSA) is 0 Å². The minimum atomic E-state index is 0.822. The summed E-state index contributed by atoms with van der Waals surface area (Å²) in [6, 6.07) is 13.0. The number of rotatable bonds is 1. The van der Waals surface area contributed by atoms with E-state index in [0.717, 1.165) is 15.5 Å². The van der Waals surface area contributed by atoms with Crippen molar-refractivity contribution in [3.05, 3.63) is 46.1 Å². The van der Waals surface area contributed by atoms with Crippen LogP contribution >= 0.6 is 22.9 Å². The van der Waals surface area contributed by atoms with E-state index in [-0.39, 0.29) is 0 Å². The van der Waals surface area contributed by atoms with E-state index in [0.29, 0.717) is 0 Å². The van der Waals surface area contributed by atoms with Crippen molar-refractivity contribution in [2.75, 3.05) is 0 Å². The summed E-state index contributed by atoms with van der Waals surface area (Å²) in [4.78, 5) is 0. The van der Waals surface area contributed by atoms with Gasteiger partial charge in [-0.3, -0.25) is 0 Å². The van der Waals surface area contributed by atoms with Crippen LogP contribution in [0.5, 0.6) is 0 Å². The maximum atomic E-state index is 5.81. The van der Waals surface area contributed by atoms with Gasteiger partial charge < -0.3 is 0 Å². The molecule has 2 rings (SSSR count). The van der Waals surface area contributed by atoms with E-state index in [2.05, 4.69) is 6.07 Å². The molecule has 0 unspecified atom stereocenters. The monoisotopic (exact) mass is 193 g/mol. The quantitative estimate of drug-likeness (QED) is 0.645. The Bertz CT molecular complexity index is 364. The van der Waals surface area contributed by atoms with E-state index in [4.69, 9.17) is 11.6 Å². The number of hydrogen-bond acceptors (Lipinski definition) is 1. The zero-order valence-corrected chi connectivity index (χ0v) is 7.82. The van der Waals surface area contributed by atoms with Crippen molar-refractivity contribution in [3.63, 3.8) is 0 Å². The molecule has 0 nitrogen and oxygen atoms in total. The molecule has 0 bridgehead atoms. The van der Waals surface area contributed by atoms with Gasteiger partial charge in [-0.15, -0.1) is 11.3 Å². The van der Waals surface area contributed by atoms with Crippen LogP contribution < -0.4 is 0 Å². The zero-order valence-electron chi connectivity index (χ0n) is 6.25. The maximum Gasteiger partial charge on any atom is 0.0934 e. The first-order valence-electron chi connectivity index (χ1n) is 3.57. The molecule has 0 saturated carbocycles. The molecule has 2 aromatic rings. The average Bonchev–Trinajstić information content (AvgIpc) is 2.54. The lowest BCUT2D eigenvalue weighted by atomic mass is 10.1. The van der Waals surface area contributed by atoms with Gasteiger partial charge in [0.25, 0.3) is 0 Å². The molecule has 0 aliphatic carbocycles. The fourth-order valence-corrected chi connectivity index (χ4v) is 1.90. The van der Waals surface area contributed by atoms with Gasteiger partial charge in [0.15, 0.2) is 0 Å². The van der Waals surface area contributed by atoms with Gasteiger partial charge in [0, 0.05) is 5.38 Å². The van der Waals surface area contributed by atoms with Gasteiger partial charge in [-0.1, -0.05) is 35.9 Å². The van der Waals surface area contributed by atoms with Gasteiger partial charge in [-0.05, 0) is 23.3 Å². The van der Waals surface area contributed by atoms with Crippen molar-refractivity contribution in [2.24, 2.45) is 0 Å². The average molecular weight is 194 g/mol. The predicted molar refractivity (Wildman–Crippen MR) is 53.6 cm³/mol. The fraction of sp³-hybridized carbons (Fsp3) is 0. The minimum Gasteiger partial charge on any atom is -0.131 e. The third-order valence-corrected chi connectivity index (χ3v) is 2.68. The summed E-state index contributed by atoms with van der Waals surface area (Å²) >= 11 is 7.36. The van der Waals surface area contributed by atoms with Gasteiger partial charge in [0.2, 0.25) is 0 Å². The van der Waals surface area contributed by atoms with Gasteiger partial charge in [0.05, 0.1) is 4.34 Å². The van der Waals surface area contributed by atoms with E-state index in [1.807, 2.05) is 35.7 Å². The summed E-state index contributed by atoms with van der Waals surface area (Å²) < 4.78 is 0.822. The minimum absolute atomic E-state index is 0.822. The summed E-state index contributed by atoms with van der Waals surface area (Å²) in [5.74, 6) is 0. The van der Waals surface area contributed by atoms with E-state index >= 15 is 0 Å². The molecule has 59 valence electrons. The summed E-state index contributed by atoms with van der Waals surface area (Å²) in [7, 11) is 0. The number of thiophene rings is 1. The predicted octanol–water partition coefficient (Wildman–Crippen LogP) is 3.87. The molecule has 2 heteroatoms. The molecule has 0 aliphatic rings. The van der Waals surface area contributed by atoms with Crippen LogP contribution in [0.25, 0.3) is 11.1 Å². The molecule has 12 heavy (non-hydrogen) atoms. The Kier molecular flexibility index (Phi) is 2.15. The smallest absolute Gasteiger partial charge is 0.0934 e. The Morgan fingerprint density at radius 3 is 2.83 bits per heavy atom. The van der Waals surface area contributed by atoms with Gasteiger partial charge in [-0.2, -0.15) is 0 Å². The molecular weight excluding hydrogens is 188 g/mol. The summed E-state index contributed by atoms with van der Waals surface area (Å²) in [6.07, 6.45) is 0. The van der Waals surface area contributed by atoms with Crippen molar-refractivity contribution in [2.45, 2.75) is 0 Å². The van der Waals surface area contributed by atoms with E-state index < -0.39 is 0 Å². The van der Waals surface area contributed by atoms with Crippen LogP contribution in [-0.4, -0.2) is 0 Å². The molecule has 1 heterocycles. The fourth-order valence-electron chi connectivity index (χ4n) is 1.02. The van der Waals surface area contributed by atoms with Gasteiger partial charge >= 0.3 is 0 Å². The van der Waals surface area contributed by atoms with Crippen molar-refractivity contribution in [1.29, 1.82) is 0 Å². The largest absolute Gasteiger partial charge is 0.131 e. The first kappa shape index (κ1) is 7.84. The lowest BCUT2D eigenvalue weighted by molar-refractivity contribution is 1.66. The highest BCUT2D eigenvalue weighted by molar-refractivity contribution is 7.14. The third-order valence-electron chi connectivity index (χ3n) is 1.59. The Morgan fingerprint density at radius 2 is 2.25 bits per heavy atom. The molecule has 0 fully saturated rings. The molecule has 1 aromatic heterocycles. The van der Waals surface area contributed by atoms with Gasteiger partial charge in [-0.25, -0.2) is 0 Å². The van der Waals surface area contributed by atoms with E-state index in [9.17, 15) is 0 Å².